The lowest BCUT2D eigenvalue weighted by Crippen LogP contribution is -2.28. The van der Waals surface area contributed by atoms with Crippen molar-refractivity contribution in [3.8, 4) is 5.75 Å². The smallest absolute Gasteiger partial charge is 0.120 e. The first-order valence-corrected chi connectivity index (χ1v) is 4.59. The highest BCUT2D eigenvalue weighted by Gasteiger charge is 2.16. The number of phenols is 1. The minimum atomic E-state index is -0.467. The van der Waals surface area contributed by atoms with Gasteiger partial charge in [0.05, 0.1) is 0 Å². The molecule has 2 nitrogen and oxygen atoms in total. The Labute approximate surface area is 80.4 Å². The fourth-order valence-electron chi connectivity index (χ4n) is 1.02. The summed E-state index contributed by atoms with van der Waals surface area (Å²) in [4.78, 5) is 0. The third-order valence-corrected chi connectivity index (χ3v) is 1.60. The lowest BCUT2D eigenvalue weighted by molar-refractivity contribution is 0.440. The second kappa shape index (κ2) is 4.87. The number of benzene rings is 1. The summed E-state index contributed by atoms with van der Waals surface area (Å²) in [7, 11) is 0. The molecule has 1 aromatic carbocycles. The molecule has 0 saturated heterocycles. The first-order valence-electron chi connectivity index (χ1n) is 4.59. The number of hydrogen-bond donors (Lipinski definition) is 2. The zero-order valence-electron chi connectivity index (χ0n) is 8.83. The van der Waals surface area contributed by atoms with Crippen molar-refractivity contribution in [1.82, 2.24) is 0 Å². The van der Waals surface area contributed by atoms with Gasteiger partial charge in [0.15, 0.2) is 0 Å². The number of phenolic OH excluding ortho intramolecular Hbond substituents is 1. The van der Waals surface area contributed by atoms with Crippen LogP contribution in [0, 0.1) is 0 Å². The summed E-state index contributed by atoms with van der Waals surface area (Å²) in [6.07, 6.45) is 0. The van der Waals surface area contributed by atoms with Crippen LogP contribution in [0.2, 0.25) is 0 Å². The maximum absolute atomic E-state index is 9.37. The molecule has 1 aromatic rings. The van der Waals surface area contributed by atoms with E-state index in [0.29, 0.717) is 0 Å². The molecule has 0 atom stereocenters. The predicted octanol–water partition coefficient (Wildman–Crippen LogP) is 2.61. The van der Waals surface area contributed by atoms with Gasteiger partial charge in [0.1, 0.15) is 5.75 Å². The highest BCUT2D eigenvalue weighted by atomic mass is 16.3. The monoisotopic (exact) mass is 181 g/mol. The van der Waals surface area contributed by atoms with E-state index >= 15 is 0 Å². The third kappa shape index (κ3) is 3.47. The maximum atomic E-state index is 9.37. The zero-order chi connectivity index (χ0) is 10.5. The van der Waals surface area contributed by atoms with Gasteiger partial charge in [0.25, 0.3) is 0 Å². The first-order chi connectivity index (χ1) is 6.02. The third-order valence-electron chi connectivity index (χ3n) is 1.60. The van der Waals surface area contributed by atoms with Crippen LogP contribution >= 0.6 is 0 Å². The molecule has 0 bridgehead atoms. The average molecular weight is 181 g/mol. The van der Waals surface area contributed by atoms with Gasteiger partial charge in [0.2, 0.25) is 0 Å². The molecule has 3 N–H and O–H groups in total. The van der Waals surface area contributed by atoms with E-state index in [2.05, 4.69) is 0 Å². The lowest BCUT2D eigenvalue weighted by Gasteiger charge is -2.19. The number of aromatic hydroxyl groups is 1. The molecule has 0 aliphatic carbocycles. The van der Waals surface area contributed by atoms with Gasteiger partial charge in [-0.2, -0.15) is 0 Å². The Hall–Kier alpha value is -1.02. The molecule has 0 spiro atoms. The van der Waals surface area contributed by atoms with E-state index in [1.165, 1.54) is 0 Å². The molecular weight excluding hydrogens is 162 g/mol. The van der Waals surface area contributed by atoms with Crippen LogP contribution in [0.1, 0.15) is 33.3 Å². The first kappa shape index (κ1) is 12.0. The molecule has 2 heteroatoms. The molecule has 0 amide bonds. The SMILES string of the molecule is CC.CC(C)(N)c1ccccc1O. The Balaban J connectivity index is 0.000000671. The van der Waals surface area contributed by atoms with E-state index < -0.39 is 5.54 Å². The molecule has 74 valence electrons. The Morgan fingerprint density at radius 3 is 1.92 bits per heavy atom. The average Bonchev–Trinajstić information content (AvgIpc) is 2.07. The molecule has 0 fully saturated rings. The van der Waals surface area contributed by atoms with Gasteiger partial charge in [-0.25, -0.2) is 0 Å². The van der Waals surface area contributed by atoms with Crippen LogP contribution < -0.4 is 5.73 Å². The minimum absolute atomic E-state index is 0.264. The molecule has 1 rings (SSSR count). The largest absolute Gasteiger partial charge is 0.508 e. The van der Waals surface area contributed by atoms with Gasteiger partial charge >= 0.3 is 0 Å². The Morgan fingerprint density at radius 1 is 1.15 bits per heavy atom. The van der Waals surface area contributed by atoms with E-state index in [1.54, 1.807) is 12.1 Å². The fourth-order valence-corrected chi connectivity index (χ4v) is 1.02. The van der Waals surface area contributed by atoms with Crippen molar-refractivity contribution in [2.45, 2.75) is 33.2 Å². The van der Waals surface area contributed by atoms with Gasteiger partial charge in [0, 0.05) is 11.1 Å². The minimum Gasteiger partial charge on any atom is -0.508 e. The van der Waals surface area contributed by atoms with E-state index in [9.17, 15) is 5.11 Å². The molecule has 0 saturated carbocycles. The van der Waals surface area contributed by atoms with Crippen LogP contribution in [-0.2, 0) is 5.54 Å². The van der Waals surface area contributed by atoms with Crippen molar-refractivity contribution < 1.29 is 5.11 Å². The Bertz CT molecular complexity index is 251. The molecule has 0 aliphatic heterocycles. The summed E-state index contributed by atoms with van der Waals surface area (Å²) in [5.74, 6) is 0.264. The van der Waals surface area contributed by atoms with Crippen molar-refractivity contribution in [3.63, 3.8) is 0 Å². The topological polar surface area (TPSA) is 46.2 Å². The molecule has 13 heavy (non-hydrogen) atoms. The predicted molar refractivity (Wildman–Crippen MR) is 56.7 cm³/mol. The summed E-state index contributed by atoms with van der Waals surface area (Å²) in [5.41, 5.74) is 6.11. The highest BCUT2D eigenvalue weighted by Crippen LogP contribution is 2.25. The van der Waals surface area contributed by atoms with Crippen LogP contribution in [0.4, 0.5) is 0 Å². The molecule has 0 aromatic heterocycles. The van der Waals surface area contributed by atoms with Gasteiger partial charge in [-0.15, -0.1) is 0 Å². The van der Waals surface area contributed by atoms with Crippen LogP contribution in [0.5, 0.6) is 5.75 Å². The van der Waals surface area contributed by atoms with Crippen LogP contribution in [0.25, 0.3) is 0 Å². The quantitative estimate of drug-likeness (QED) is 0.699. The van der Waals surface area contributed by atoms with Crippen molar-refractivity contribution in [3.05, 3.63) is 29.8 Å². The summed E-state index contributed by atoms with van der Waals surface area (Å²) in [5, 5.41) is 9.37. The van der Waals surface area contributed by atoms with E-state index in [0.717, 1.165) is 5.56 Å². The molecule has 0 radical (unpaired) electrons. The van der Waals surface area contributed by atoms with Crippen molar-refractivity contribution in [2.24, 2.45) is 5.73 Å². The summed E-state index contributed by atoms with van der Waals surface area (Å²) in [6, 6.07) is 7.12. The van der Waals surface area contributed by atoms with Crippen molar-refractivity contribution >= 4 is 0 Å². The maximum Gasteiger partial charge on any atom is 0.120 e. The Morgan fingerprint density at radius 2 is 1.62 bits per heavy atom. The van der Waals surface area contributed by atoms with Crippen LogP contribution in [0.3, 0.4) is 0 Å². The molecule has 0 unspecified atom stereocenters. The van der Waals surface area contributed by atoms with Crippen LogP contribution in [0.15, 0.2) is 24.3 Å². The van der Waals surface area contributed by atoms with Gasteiger partial charge < -0.3 is 10.8 Å². The Kier molecular flexibility index (Phi) is 4.49. The summed E-state index contributed by atoms with van der Waals surface area (Å²) >= 11 is 0. The second-order valence-corrected chi connectivity index (χ2v) is 3.24. The number of para-hydroxylation sites is 1. The van der Waals surface area contributed by atoms with Crippen LogP contribution in [-0.4, -0.2) is 5.11 Å². The van der Waals surface area contributed by atoms with Gasteiger partial charge in [-0.1, -0.05) is 32.0 Å². The molecule has 0 aliphatic rings. The van der Waals surface area contributed by atoms with Crippen molar-refractivity contribution in [2.75, 3.05) is 0 Å². The summed E-state index contributed by atoms with van der Waals surface area (Å²) in [6.45, 7) is 7.73. The highest BCUT2D eigenvalue weighted by molar-refractivity contribution is 5.36. The number of hydrogen-bond acceptors (Lipinski definition) is 2. The molecule has 0 heterocycles. The van der Waals surface area contributed by atoms with Gasteiger partial charge in [-0.3, -0.25) is 0 Å². The summed E-state index contributed by atoms with van der Waals surface area (Å²) < 4.78 is 0. The standard InChI is InChI=1S/C9H13NO.C2H6/c1-9(2,10)7-5-3-4-6-8(7)11;1-2/h3-6,11H,10H2,1-2H3;1-2H3. The van der Waals surface area contributed by atoms with Gasteiger partial charge in [-0.05, 0) is 19.9 Å². The van der Waals surface area contributed by atoms with E-state index in [-0.39, 0.29) is 5.75 Å². The van der Waals surface area contributed by atoms with Crippen molar-refractivity contribution in [1.29, 1.82) is 0 Å². The fraction of sp³-hybridized carbons (Fsp3) is 0.455. The number of rotatable bonds is 1. The number of nitrogens with two attached hydrogens (primary N) is 1. The van der Waals surface area contributed by atoms with E-state index in [1.807, 2.05) is 39.8 Å². The molecular formula is C11H19NO. The second-order valence-electron chi connectivity index (χ2n) is 3.24. The zero-order valence-corrected chi connectivity index (χ0v) is 8.83. The normalized spacial score (nSPS) is 10.2. The lowest BCUT2D eigenvalue weighted by atomic mass is 9.95. The van der Waals surface area contributed by atoms with E-state index in [4.69, 9.17) is 5.73 Å².